The molecule has 7 heteroatoms. The van der Waals surface area contributed by atoms with E-state index >= 15 is 0 Å². The standard InChI is InChI=1S/C15H15FN4O2/c1-22-13-6-5-10(8-11(13)16)12-9-14(20-19-12)18-15(21)4-2-3-7-17/h5-6,8-9H,2-4H2,1H3,(H2,18,19,20,21). The first-order valence-corrected chi connectivity index (χ1v) is 6.70. The first kappa shape index (κ1) is 15.5. The molecule has 1 aromatic heterocycles. The first-order valence-electron chi connectivity index (χ1n) is 6.70. The number of carbonyl (C=O) groups excluding carboxylic acids is 1. The third-order valence-electron chi connectivity index (χ3n) is 3.00. The molecule has 2 rings (SSSR count). The predicted octanol–water partition coefficient (Wildman–Crippen LogP) is 2.86. The fraction of sp³-hybridized carbons (Fsp3) is 0.267. The van der Waals surface area contributed by atoms with Crippen LogP contribution in [0.4, 0.5) is 10.2 Å². The fourth-order valence-corrected chi connectivity index (χ4v) is 1.90. The number of aromatic amines is 1. The maximum absolute atomic E-state index is 13.7. The van der Waals surface area contributed by atoms with Gasteiger partial charge >= 0.3 is 0 Å². The minimum absolute atomic E-state index is 0.161. The lowest BCUT2D eigenvalue weighted by atomic mass is 10.1. The van der Waals surface area contributed by atoms with E-state index in [2.05, 4.69) is 15.5 Å². The fourth-order valence-electron chi connectivity index (χ4n) is 1.90. The van der Waals surface area contributed by atoms with Gasteiger partial charge in [0.15, 0.2) is 17.4 Å². The summed E-state index contributed by atoms with van der Waals surface area (Å²) >= 11 is 0. The number of ether oxygens (including phenoxy) is 1. The topological polar surface area (TPSA) is 90.8 Å². The Morgan fingerprint density at radius 2 is 2.32 bits per heavy atom. The van der Waals surface area contributed by atoms with E-state index in [0.29, 0.717) is 29.9 Å². The maximum atomic E-state index is 13.7. The Morgan fingerprint density at radius 3 is 3.00 bits per heavy atom. The molecule has 0 unspecified atom stereocenters. The van der Waals surface area contributed by atoms with Gasteiger partial charge in [0.1, 0.15) is 0 Å². The van der Waals surface area contributed by atoms with Crippen LogP contribution in [0.3, 0.4) is 0 Å². The average Bonchev–Trinajstić information content (AvgIpc) is 2.96. The van der Waals surface area contributed by atoms with Crippen LogP contribution in [0.5, 0.6) is 5.75 Å². The van der Waals surface area contributed by atoms with Crippen molar-refractivity contribution in [2.45, 2.75) is 19.3 Å². The molecule has 1 heterocycles. The van der Waals surface area contributed by atoms with E-state index in [0.717, 1.165) is 0 Å². The van der Waals surface area contributed by atoms with Crippen molar-refractivity contribution in [2.75, 3.05) is 12.4 Å². The minimum atomic E-state index is -0.475. The second kappa shape index (κ2) is 7.22. The van der Waals surface area contributed by atoms with Gasteiger partial charge in [-0.2, -0.15) is 10.4 Å². The van der Waals surface area contributed by atoms with Gasteiger partial charge in [0.2, 0.25) is 5.91 Å². The molecule has 0 aliphatic heterocycles. The van der Waals surface area contributed by atoms with Gasteiger partial charge in [-0.1, -0.05) is 0 Å². The zero-order valence-corrected chi connectivity index (χ0v) is 12.0. The molecule has 22 heavy (non-hydrogen) atoms. The van der Waals surface area contributed by atoms with Crippen LogP contribution in [0.2, 0.25) is 0 Å². The van der Waals surface area contributed by atoms with Gasteiger partial charge in [-0.15, -0.1) is 0 Å². The Bertz CT molecular complexity index is 706. The van der Waals surface area contributed by atoms with Crippen LogP contribution in [0.1, 0.15) is 19.3 Å². The quantitative estimate of drug-likeness (QED) is 0.803. The highest BCUT2D eigenvalue weighted by molar-refractivity contribution is 5.90. The highest BCUT2D eigenvalue weighted by Crippen LogP contribution is 2.25. The van der Waals surface area contributed by atoms with Crippen LogP contribution >= 0.6 is 0 Å². The van der Waals surface area contributed by atoms with Crippen LogP contribution in [0, 0.1) is 17.1 Å². The minimum Gasteiger partial charge on any atom is -0.494 e. The van der Waals surface area contributed by atoms with E-state index in [4.69, 9.17) is 10.00 Å². The number of methoxy groups -OCH3 is 1. The number of rotatable bonds is 6. The molecule has 114 valence electrons. The zero-order valence-electron chi connectivity index (χ0n) is 12.0. The van der Waals surface area contributed by atoms with E-state index in [9.17, 15) is 9.18 Å². The number of nitrogens with zero attached hydrogens (tertiary/aromatic N) is 2. The predicted molar refractivity (Wildman–Crippen MR) is 78.6 cm³/mol. The Labute approximate surface area is 126 Å². The molecular weight excluding hydrogens is 287 g/mol. The van der Waals surface area contributed by atoms with Crippen molar-refractivity contribution in [3.63, 3.8) is 0 Å². The number of hydrogen-bond acceptors (Lipinski definition) is 4. The summed E-state index contributed by atoms with van der Waals surface area (Å²) in [7, 11) is 1.40. The number of anilines is 1. The van der Waals surface area contributed by atoms with Crippen molar-refractivity contribution in [1.82, 2.24) is 10.2 Å². The summed E-state index contributed by atoms with van der Waals surface area (Å²) in [6.45, 7) is 0. The summed E-state index contributed by atoms with van der Waals surface area (Å²) in [5.41, 5.74) is 1.17. The molecule has 2 aromatic rings. The van der Waals surface area contributed by atoms with Crippen molar-refractivity contribution in [3.8, 4) is 23.1 Å². The van der Waals surface area contributed by atoms with Crippen molar-refractivity contribution in [1.29, 1.82) is 5.26 Å². The SMILES string of the molecule is COc1ccc(-c2cc(NC(=O)CCCC#N)n[nH]2)cc1F. The van der Waals surface area contributed by atoms with Crippen LogP contribution < -0.4 is 10.1 Å². The van der Waals surface area contributed by atoms with E-state index < -0.39 is 5.82 Å². The molecule has 0 aliphatic rings. The van der Waals surface area contributed by atoms with Crippen molar-refractivity contribution >= 4 is 11.7 Å². The van der Waals surface area contributed by atoms with Crippen LogP contribution in [0.25, 0.3) is 11.3 Å². The van der Waals surface area contributed by atoms with E-state index in [1.807, 2.05) is 6.07 Å². The molecule has 0 spiro atoms. The number of carbonyl (C=O) groups is 1. The first-order chi connectivity index (χ1) is 10.6. The number of nitrogens with one attached hydrogen (secondary N) is 2. The monoisotopic (exact) mass is 302 g/mol. The molecule has 0 saturated heterocycles. The smallest absolute Gasteiger partial charge is 0.225 e. The summed E-state index contributed by atoms with van der Waals surface area (Å²) in [5.74, 6) is -0.173. The molecular formula is C15H15FN4O2. The lowest BCUT2D eigenvalue weighted by molar-refractivity contribution is -0.116. The van der Waals surface area contributed by atoms with Gasteiger partial charge < -0.3 is 10.1 Å². The Balaban J connectivity index is 2.04. The Morgan fingerprint density at radius 1 is 1.50 bits per heavy atom. The van der Waals surface area contributed by atoms with Gasteiger partial charge in [0.25, 0.3) is 0 Å². The van der Waals surface area contributed by atoms with E-state index in [-0.39, 0.29) is 18.1 Å². The zero-order chi connectivity index (χ0) is 15.9. The lowest BCUT2D eigenvalue weighted by Gasteiger charge is -2.03. The molecule has 0 saturated carbocycles. The third-order valence-corrected chi connectivity index (χ3v) is 3.00. The third kappa shape index (κ3) is 3.82. The van der Waals surface area contributed by atoms with Crippen molar-refractivity contribution in [2.24, 2.45) is 0 Å². The second-order valence-electron chi connectivity index (χ2n) is 4.58. The molecule has 0 atom stereocenters. The highest BCUT2D eigenvalue weighted by atomic mass is 19.1. The number of aromatic nitrogens is 2. The van der Waals surface area contributed by atoms with Gasteiger partial charge in [-0.3, -0.25) is 9.89 Å². The molecule has 0 bridgehead atoms. The van der Waals surface area contributed by atoms with E-state index in [1.54, 1.807) is 12.1 Å². The van der Waals surface area contributed by atoms with E-state index in [1.165, 1.54) is 19.2 Å². The van der Waals surface area contributed by atoms with Gasteiger partial charge in [0, 0.05) is 24.5 Å². The number of hydrogen-bond donors (Lipinski definition) is 2. The Kier molecular flexibility index (Phi) is 5.09. The second-order valence-corrected chi connectivity index (χ2v) is 4.58. The number of nitriles is 1. The molecule has 2 N–H and O–H groups in total. The number of amides is 1. The summed E-state index contributed by atoms with van der Waals surface area (Å²) in [5, 5.41) is 17.7. The van der Waals surface area contributed by atoms with Gasteiger partial charge in [0.05, 0.1) is 18.9 Å². The molecule has 0 fully saturated rings. The average molecular weight is 302 g/mol. The molecule has 0 aliphatic carbocycles. The summed E-state index contributed by atoms with van der Waals surface area (Å²) in [6, 6.07) is 8.13. The van der Waals surface area contributed by atoms with Crippen molar-refractivity contribution in [3.05, 3.63) is 30.1 Å². The van der Waals surface area contributed by atoms with Crippen LogP contribution in [0.15, 0.2) is 24.3 Å². The summed E-state index contributed by atoms with van der Waals surface area (Å²) in [4.78, 5) is 11.6. The van der Waals surface area contributed by atoms with Crippen LogP contribution in [-0.4, -0.2) is 23.2 Å². The molecule has 0 radical (unpaired) electrons. The number of benzene rings is 1. The number of unbranched alkanes of at least 4 members (excludes halogenated alkanes) is 1. The molecule has 6 nitrogen and oxygen atoms in total. The van der Waals surface area contributed by atoms with Crippen molar-refractivity contribution < 1.29 is 13.9 Å². The summed E-state index contributed by atoms with van der Waals surface area (Å²) in [6.07, 6.45) is 1.10. The normalized spacial score (nSPS) is 10.0. The summed E-state index contributed by atoms with van der Waals surface area (Å²) < 4.78 is 18.5. The highest BCUT2D eigenvalue weighted by Gasteiger charge is 2.09. The van der Waals surface area contributed by atoms with Gasteiger partial charge in [-0.05, 0) is 24.6 Å². The number of H-pyrrole nitrogens is 1. The molecule has 1 aromatic carbocycles. The van der Waals surface area contributed by atoms with Crippen LogP contribution in [-0.2, 0) is 4.79 Å². The maximum Gasteiger partial charge on any atom is 0.225 e. The largest absolute Gasteiger partial charge is 0.494 e. The lowest BCUT2D eigenvalue weighted by Crippen LogP contribution is -2.11. The molecule has 1 amide bonds. The Hall–Kier alpha value is -2.88. The number of halogens is 1. The van der Waals surface area contributed by atoms with Gasteiger partial charge in [-0.25, -0.2) is 4.39 Å².